The van der Waals surface area contributed by atoms with Crippen LogP contribution in [0, 0.1) is 0 Å². The minimum absolute atomic E-state index is 0.140. The molecule has 0 spiro atoms. The maximum absolute atomic E-state index is 12.6. The first-order valence-corrected chi connectivity index (χ1v) is 15.4. The summed E-state index contributed by atoms with van der Waals surface area (Å²) in [6.45, 7) is 12.3. The SMILES string of the molecule is CC(C)N1CCC(Oc2ccc(C(=O)Nc3ccc(CC(=O)Nc4cc(C(C)(C)C)on4)cc3)nc2)C1.CS(=O)(=O)O. The Morgan fingerprint density at radius 1 is 1.14 bits per heavy atom. The predicted molar refractivity (Wildman–Crippen MR) is 159 cm³/mol. The predicted octanol–water partition coefficient (Wildman–Crippen LogP) is 4.17. The van der Waals surface area contributed by atoms with Crippen molar-refractivity contribution in [2.45, 2.75) is 65.0 Å². The zero-order chi connectivity index (χ0) is 31.1. The van der Waals surface area contributed by atoms with Crippen molar-refractivity contribution in [2.24, 2.45) is 0 Å². The molecule has 1 aromatic carbocycles. The monoisotopic (exact) mass is 601 g/mol. The van der Waals surface area contributed by atoms with Crippen molar-refractivity contribution in [3.05, 3.63) is 65.7 Å². The van der Waals surface area contributed by atoms with Crippen LogP contribution in [0.2, 0.25) is 0 Å². The van der Waals surface area contributed by atoms with E-state index in [1.54, 1.807) is 48.7 Å². The van der Waals surface area contributed by atoms with Crippen LogP contribution < -0.4 is 15.4 Å². The van der Waals surface area contributed by atoms with Gasteiger partial charge >= 0.3 is 0 Å². The van der Waals surface area contributed by atoms with Crippen molar-refractivity contribution in [1.82, 2.24) is 15.0 Å². The van der Waals surface area contributed by atoms with Crippen molar-refractivity contribution >= 4 is 33.4 Å². The summed E-state index contributed by atoms with van der Waals surface area (Å²) in [5.41, 5.74) is 1.53. The molecule has 0 bridgehead atoms. The molecule has 4 rings (SSSR count). The van der Waals surface area contributed by atoms with E-state index in [1.807, 2.05) is 20.8 Å². The Hall–Kier alpha value is -3.81. The quantitative estimate of drug-likeness (QED) is 0.319. The number of pyridine rings is 1. The zero-order valence-electron chi connectivity index (χ0n) is 24.7. The van der Waals surface area contributed by atoms with Crippen LogP contribution in [0.1, 0.15) is 62.9 Å². The summed E-state index contributed by atoms with van der Waals surface area (Å²) >= 11 is 0. The highest BCUT2D eigenvalue weighted by atomic mass is 32.2. The van der Waals surface area contributed by atoms with Crippen LogP contribution in [0.15, 0.2) is 53.2 Å². The Labute approximate surface area is 246 Å². The fourth-order valence-electron chi connectivity index (χ4n) is 4.06. The van der Waals surface area contributed by atoms with Crippen LogP contribution in [0.25, 0.3) is 0 Å². The largest absolute Gasteiger partial charge is 0.487 e. The minimum atomic E-state index is -3.67. The standard InChI is InChI=1S/C28H35N5O4.CH4O3S/c1-18(2)33-13-12-22(17-33)36-21-10-11-23(29-16-21)27(35)30-20-8-6-19(7-9-20)14-26(34)31-25-15-24(37-32-25)28(3,4)5;1-5(2,3)4/h6-11,15-16,18,22H,12-14,17H2,1-5H3,(H,30,35)(H,31,32,34);1H3,(H,2,3,4). The van der Waals surface area contributed by atoms with Crippen molar-refractivity contribution in [3.63, 3.8) is 0 Å². The topological polar surface area (TPSA) is 164 Å². The number of aromatic nitrogens is 2. The van der Waals surface area contributed by atoms with Gasteiger partial charge in [-0.05, 0) is 50.1 Å². The first kappa shape index (κ1) is 32.7. The van der Waals surface area contributed by atoms with Crippen LogP contribution in [0.3, 0.4) is 0 Å². The molecule has 1 unspecified atom stereocenters. The molecule has 1 fully saturated rings. The molecule has 1 aliphatic heterocycles. The van der Waals surface area contributed by atoms with Crippen molar-refractivity contribution in [2.75, 3.05) is 30.0 Å². The lowest BCUT2D eigenvalue weighted by molar-refractivity contribution is -0.115. The minimum Gasteiger partial charge on any atom is -0.487 e. The van der Waals surface area contributed by atoms with Gasteiger partial charge < -0.3 is 19.9 Å². The number of likely N-dealkylation sites (tertiary alicyclic amines) is 1. The number of amides is 2. The molecule has 13 heteroatoms. The van der Waals surface area contributed by atoms with Crippen LogP contribution in [0.5, 0.6) is 5.75 Å². The number of rotatable bonds is 8. The van der Waals surface area contributed by atoms with Gasteiger partial charge in [0, 0.05) is 36.3 Å². The van der Waals surface area contributed by atoms with E-state index in [2.05, 4.69) is 39.5 Å². The molecule has 3 heterocycles. The lowest BCUT2D eigenvalue weighted by Gasteiger charge is -2.20. The molecule has 1 aliphatic rings. The zero-order valence-corrected chi connectivity index (χ0v) is 25.6. The van der Waals surface area contributed by atoms with Gasteiger partial charge in [-0.25, -0.2) is 4.98 Å². The van der Waals surface area contributed by atoms with E-state index in [-0.39, 0.29) is 29.8 Å². The molecule has 0 saturated carbocycles. The third-order valence-corrected chi connectivity index (χ3v) is 6.27. The van der Waals surface area contributed by atoms with Gasteiger partial charge in [0.05, 0.1) is 18.9 Å². The maximum Gasteiger partial charge on any atom is 0.274 e. The van der Waals surface area contributed by atoms with Gasteiger partial charge in [-0.3, -0.25) is 19.0 Å². The third-order valence-electron chi connectivity index (χ3n) is 6.27. The second-order valence-electron chi connectivity index (χ2n) is 11.4. The molecule has 0 radical (unpaired) electrons. The summed E-state index contributed by atoms with van der Waals surface area (Å²) in [7, 11) is -3.67. The molecular formula is C29H39N5O7S. The fourth-order valence-corrected chi connectivity index (χ4v) is 4.06. The van der Waals surface area contributed by atoms with Gasteiger partial charge in [-0.1, -0.05) is 38.1 Å². The number of ether oxygens (including phenoxy) is 1. The maximum atomic E-state index is 12.6. The normalized spacial score (nSPS) is 15.6. The molecule has 0 aliphatic carbocycles. The molecule has 3 N–H and O–H groups in total. The van der Waals surface area contributed by atoms with Crippen LogP contribution in [0.4, 0.5) is 11.5 Å². The van der Waals surface area contributed by atoms with Gasteiger partial charge in [0.15, 0.2) is 5.82 Å². The van der Waals surface area contributed by atoms with Crippen molar-refractivity contribution in [1.29, 1.82) is 0 Å². The van der Waals surface area contributed by atoms with E-state index in [1.165, 1.54) is 0 Å². The number of hydrogen-bond acceptors (Lipinski definition) is 9. The average Bonchev–Trinajstić information content (AvgIpc) is 3.55. The first-order chi connectivity index (χ1) is 19.6. The van der Waals surface area contributed by atoms with E-state index >= 15 is 0 Å². The number of nitrogens with one attached hydrogen (secondary N) is 2. The highest BCUT2D eigenvalue weighted by Gasteiger charge is 2.25. The highest BCUT2D eigenvalue weighted by Crippen LogP contribution is 2.24. The number of hydrogen-bond donors (Lipinski definition) is 3. The van der Waals surface area contributed by atoms with E-state index in [0.29, 0.717) is 41.0 Å². The van der Waals surface area contributed by atoms with E-state index in [0.717, 1.165) is 25.1 Å². The lowest BCUT2D eigenvalue weighted by Crippen LogP contribution is -2.30. The number of anilines is 2. The summed E-state index contributed by atoms with van der Waals surface area (Å²) in [5.74, 6) is 1.24. The Bertz CT molecular complexity index is 1440. The molecule has 2 amide bonds. The van der Waals surface area contributed by atoms with Crippen molar-refractivity contribution < 1.29 is 31.8 Å². The van der Waals surface area contributed by atoms with Gasteiger partial charge in [-0.2, -0.15) is 8.42 Å². The second-order valence-corrected chi connectivity index (χ2v) is 12.9. The van der Waals surface area contributed by atoms with Gasteiger partial charge in [0.25, 0.3) is 16.0 Å². The van der Waals surface area contributed by atoms with Crippen LogP contribution in [-0.4, -0.2) is 71.3 Å². The molecule has 3 aromatic rings. The summed E-state index contributed by atoms with van der Waals surface area (Å²) in [6, 6.07) is 12.8. The summed E-state index contributed by atoms with van der Waals surface area (Å²) < 4.78 is 37.2. The molecule has 42 heavy (non-hydrogen) atoms. The number of carbonyl (C=O) groups excluding carboxylic acids is 2. The second kappa shape index (κ2) is 13.9. The lowest BCUT2D eigenvalue weighted by atomic mass is 9.93. The average molecular weight is 602 g/mol. The Balaban J connectivity index is 0.000000892. The van der Waals surface area contributed by atoms with E-state index < -0.39 is 10.1 Å². The Morgan fingerprint density at radius 2 is 1.81 bits per heavy atom. The fraction of sp³-hybridized carbons (Fsp3) is 0.448. The summed E-state index contributed by atoms with van der Waals surface area (Å²) in [6.07, 6.45) is 3.60. The van der Waals surface area contributed by atoms with Gasteiger partial charge in [0.1, 0.15) is 23.3 Å². The highest BCUT2D eigenvalue weighted by molar-refractivity contribution is 7.85. The summed E-state index contributed by atoms with van der Waals surface area (Å²) in [4.78, 5) is 31.7. The number of nitrogens with zero attached hydrogens (tertiary/aromatic N) is 3. The van der Waals surface area contributed by atoms with Crippen LogP contribution in [-0.2, 0) is 26.7 Å². The molecule has 12 nitrogen and oxygen atoms in total. The Morgan fingerprint density at radius 3 is 2.33 bits per heavy atom. The Kier molecular flexibility index (Phi) is 10.8. The molecule has 2 aromatic heterocycles. The number of carbonyl (C=O) groups is 2. The van der Waals surface area contributed by atoms with E-state index in [4.69, 9.17) is 13.8 Å². The van der Waals surface area contributed by atoms with Crippen LogP contribution >= 0.6 is 0 Å². The smallest absolute Gasteiger partial charge is 0.274 e. The molecular weight excluding hydrogens is 562 g/mol. The third kappa shape index (κ3) is 10.9. The first-order valence-electron chi connectivity index (χ1n) is 13.5. The van der Waals surface area contributed by atoms with Gasteiger partial charge in [0.2, 0.25) is 5.91 Å². The van der Waals surface area contributed by atoms with Gasteiger partial charge in [-0.15, -0.1) is 0 Å². The molecule has 1 atom stereocenters. The number of benzene rings is 1. The van der Waals surface area contributed by atoms with Crippen molar-refractivity contribution in [3.8, 4) is 5.75 Å². The van der Waals surface area contributed by atoms with E-state index in [9.17, 15) is 18.0 Å². The summed E-state index contributed by atoms with van der Waals surface area (Å²) in [5, 5.41) is 9.49. The molecule has 228 valence electrons. The molecule has 1 saturated heterocycles.